The fourth-order valence-electron chi connectivity index (χ4n) is 2.45. The van der Waals surface area contributed by atoms with Crippen LogP contribution >= 0.6 is 23.2 Å². The Bertz CT molecular complexity index is 544. The second kappa shape index (κ2) is 4.52. The van der Waals surface area contributed by atoms with Gasteiger partial charge in [-0.15, -0.1) is 0 Å². The lowest BCUT2D eigenvalue weighted by Gasteiger charge is -2.24. The maximum absolute atomic E-state index is 6.19. The lowest BCUT2D eigenvalue weighted by Crippen LogP contribution is -2.20. The number of hydrogen-bond acceptors (Lipinski definition) is 1. The van der Waals surface area contributed by atoms with E-state index < -0.39 is 0 Å². The largest absolute Gasteiger partial charge is 0.379 e. The molecule has 90 valence electrons. The number of rotatable bonds is 1. The normalized spacial score (nSPS) is 20.9. The topological polar surface area (TPSA) is 14.2 Å². The van der Waals surface area contributed by atoms with Crippen LogP contribution in [0.15, 0.2) is 24.4 Å². The lowest BCUT2D eigenvalue weighted by atomic mass is 10.1. The quantitative estimate of drug-likeness (QED) is 0.753. The molecule has 0 saturated carbocycles. The van der Waals surface area contributed by atoms with Crippen molar-refractivity contribution < 1.29 is 4.74 Å². The standard InChI is InChI=1S/C13H13Cl2NO/c14-9-6-12(15)11-3-4-16(13(11)7-9)10-2-1-5-17-8-10/h3-4,6-7,10H,1-2,5,8H2. The van der Waals surface area contributed by atoms with Crippen LogP contribution < -0.4 is 0 Å². The van der Waals surface area contributed by atoms with E-state index in [1.54, 1.807) is 6.07 Å². The van der Waals surface area contributed by atoms with Crippen LogP contribution in [0.2, 0.25) is 10.0 Å². The van der Waals surface area contributed by atoms with Gasteiger partial charge in [0, 0.05) is 23.2 Å². The average Bonchev–Trinajstić information content (AvgIpc) is 2.74. The third kappa shape index (κ3) is 2.05. The molecule has 0 bridgehead atoms. The van der Waals surface area contributed by atoms with Gasteiger partial charge in [0.15, 0.2) is 0 Å². The second-order valence-electron chi connectivity index (χ2n) is 4.41. The number of benzene rings is 1. The van der Waals surface area contributed by atoms with Crippen molar-refractivity contribution in [2.75, 3.05) is 13.2 Å². The molecular formula is C13H13Cl2NO. The van der Waals surface area contributed by atoms with Gasteiger partial charge in [-0.25, -0.2) is 0 Å². The molecule has 1 fully saturated rings. The Hall–Kier alpha value is -0.700. The van der Waals surface area contributed by atoms with Gasteiger partial charge in [0.2, 0.25) is 0 Å². The lowest BCUT2D eigenvalue weighted by molar-refractivity contribution is 0.0606. The molecule has 2 aromatic rings. The van der Waals surface area contributed by atoms with Crippen molar-refractivity contribution in [2.45, 2.75) is 18.9 Å². The Morgan fingerprint density at radius 1 is 1.29 bits per heavy atom. The van der Waals surface area contributed by atoms with Crippen LogP contribution in [0, 0.1) is 0 Å². The zero-order valence-electron chi connectivity index (χ0n) is 9.33. The monoisotopic (exact) mass is 269 g/mol. The van der Waals surface area contributed by atoms with Crippen LogP contribution in [0.25, 0.3) is 10.9 Å². The first kappa shape index (κ1) is 11.4. The molecular weight excluding hydrogens is 257 g/mol. The van der Waals surface area contributed by atoms with Crippen LogP contribution in [0.5, 0.6) is 0 Å². The van der Waals surface area contributed by atoms with Crippen molar-refractivity contribution in [1.82, 2.24) is 4.57 Å². The molecule has 1 aliphatic heterocycles. The number of halogens is 2. The van der Waals surface area contributed by atoms with E-state index in [1.807, 2.05) is 12.1 Å². The molecule has 1 saturated heterocycles. The summed E-state index contributed by atoms with van der Waals surface area (Å²) in [5.74, 6) is 0. The van der Waals surface area contributed by atoms with Gasteiger partial charge in [-0.3, -0.25) is 0 Å². The number of ether oxygens (including phenoxy) is 1. The van der Waals surface area contributed by atoms with Gasteiger partial charge >= 0.3 is 0 Å². The van der Waals surface area contributed by atoms with Gasteiger partial charge in [-0.1, -0.05) is 23.2 Å². The minimum absolute atomic E-state index is 0.399. The Kier molecular flexibility index (Phi) is 3.03. The highest BCUT2D eigenvalue weighted by Gasteiger charge is 2.18. The predicted octanol–water partition coefficient (Wildman–Crippen LogP) is 4.30. The third-order valence-corrected chi connectivity index (χ3v) is 3.81. The van der Waals surface area contributed by atoms with E-state index in [0.717, 1.165) is 37.0 Å². The smallest absolute Gasteiger partial charge is 0.0673 e. The summed E-state index contributed by atoms with van der Waals surface area (Å²) in [5, 5.41) is 2.45. The van der Waals surface area contributed by atoms with Crippen molar-refractivity contribution in [3.05, 3.63) is 34.4 Å². The molecule has 0 spiro atoms. The van der Waals surface area contributed by atoms with Gasteiger partial charge < -0.3 is 9.30 Å². The van der Waals surface area contributed by atoms with E-state index in [0.29, 0.717) is 16.1 Å². The van der Waals surface area contributed by atoms with Crippen LogP contribution in [0.3, 0.4) is 0 Å². The highest BCUT2D eigenvalue weighted by molar-refractivity contribution is 6.38. The molecule has 4 heteroatoms. The van der Waals surface area contributed by atoms with Crippen molar-refractivity contribution in [3.63, 3.8) is 0 Å². The highest BCUT2D eigenvalue weighted by atomic mass is 35.5. The van der Waals surface area contributed by atoms with E-state index >= 15 is 0 Å². The fraction of sp³-hybridized carbons (Fsp3) is 0.385. The highest BCUT2D eigenvalue weighted by Crippen LogP contribution is 2.32. The van der Waals surface area contributed by atoms with Crippen molar-refractivity contribution in [3.8, 4) is 0 Å². The molecule has 3 rings (SSSR count). The summed E-state index contributed by atoms with van der Waals surface area (Å²) in [4.78, 5) is 0. The number of fused-ring (bicyclic) bond motifs is 1. The first-order chi connectivity index (χ1) is 8.25. The summed E-state index contributed by atoms with van der Waals surface area (Å²) in [6.45, 7) is 1.64. The Labute approximate surface area is 110 Å². The molecule has 1 atom stereocenters. The Morgan fingerprint density at radius 2 is 2.18 bits per heavy atom. The first-order valence-electron chi connectivity index (χ1n) is 5.79. The van der Waals surface area contributed by atoms with Crippen LogP contribution in [0.1, 0.15) is 18.9 Å². The van der Waals surface area contributed by atoms with E-state index in [4.69, 9.17) is 27.9 Å². The zero-order valence-corrected chi connectivity index (χ0v) is 10.8. The summed E-state index contributed by atoms with van der Waals surface area (Å²) in [7, 11) is 0. The van der Waals surface area contributed by atoms with E-state index in [-0.39, 0.29) is 0 Å². The maximum atomic E-state index is 6.19. The van der Waals surface area contributed by atoms with E-state index in [1.165, 1.54) is 0 Å². The first-order valence-corrected chi connectivity index (χ1v) is 6.54. The third-order valence-electron chi connectivity index (χ3n) is 3.28. The van der Waals surface area contributed by atoms with Gasteiger partial charge in [0.1, 0.15) is 0 Å². The van der Waals surface area contributed by atoms with Gasteiger partial charge in [0.25, 0.3) is 0 Å². The van der Waals surface area contributed by atoms with E-state index in [2.05, 4.69) is 10.8 Å². The molecule has 0 N–H and O–H groups in total. The fourth-order valence-corrected chi connectivity index (χ4v) is 2.99. The second-order valence-corrected chi connectivity index (χ2v) is 5.26. The molecule has 0 amide bonds. The average molecular weight is 270 g/mol. The Balaban J connectivity index is 2.10. The molecule has 1 unspecified atom stereocenters. The maximum Gasteiger partial charge on any atom is 0.0673 e. The summed E-state index contributed by atoms with van der Waals surface area (Å²) in [6, 6.07) is 6.20. The molecule has 2 heterocycles. The van der Waals surface area contributed by atoms with Crippen LogP contribution in [-0.2, 0) is 4.74 Å². The van der Waals surface area contributed by atoms with Gasteiger partial charge in [-0.2, -0.15) is 0 Å². The van der Waals surface area contributed by atoms with E-state index in [9.17, 15) is 0 Å². The SMILES string of the molecule is Clc1cc(Cl)c2ccn(C3CCCOC3)c2c1. The minimum Gasteiger partial charge on any atom is -0.379 e. The van der Waals surface area contributed by atoms with Gasteiger partial charge in [-0.05, 0) is 31.0 Å². The summed E-state index contributed by atoms with van der Waals surface area (Å²) >= 11 is 12.2. The Morgan fingerprint density at radius 3 is 2.94 bits per heavy atom. The number of hydrogen-bond donors (Lipinski definition) is 0. The molecule has 1 aliphatic rings. The molecule has 0 aliphatic carbocycles. The van der Waals surface area contributed by atoms with Crippen molar-refractivity contribution in [2.24, 2.45) is 0 Å². The molecule has 1 aromatic carbocycles. The zero-order chi connectivity index (χ0) is 11.8. The number of nitrogens with zero attached hydrogens (tertiary/aromatic N) is 1. The van der Waals surface area contributed by atoms with Crippen molar-refractivity contribution in [1.29, 1.82) is 0 Å². The van der Waals surface area contributed by atoms with Crippen LogP contribution in [0.4, 0.5) is 0 Å². The summed E-state index contributed by atoms with van der Waals surface area (Å²) in [5.41, 5.74) is 1.10. The molecule has 1 aromatic heterocycles. The minimum atomic E-state index is 0.399. The summed E-state index contributed by atoms with van der Waals surface area (Å²) in [6.07, 6.45) is 4.33. The van der Waals surface area contributed by atoms with Crippen molar-refractivity contribution >= 4 is 34.1 Å². The molecule has 0 radical (unpaired) electrons. The van der Waals surface area contributed by atoms with Crippen LogP contribution in [-0.4, -0.2) is 17.8 Å². The summed E-state index contributed by atoms with van der Waals surface area (Å²) < 4.78 is 7.76. The molecule has 2 nitrogen and oxygen atoms in total. The number of aromatic nitrogens is 1. The molecule has 17 heavy (non-hydrogen) atoms. The van der Waals surface area contributed by atoms with Gasteiger partial charge in [0.05, 0.1) is 23.2 Å². The predicted molar refractivity (Wildman–Crippen MR) is 71.0 cm³/mol.